The zero-order chi connectivity index (χ0) is 12.1. The normalized spacial score (nSPS) is 13.4. The molecule has 0 fully saturated rings. The predicted octanol–water partition coefficient (Wildman–Crippen LogP) is 2.18. The summed E-state index contributed by atoms with van der Waals surface area (Å²) in [4.78, 5) is 6.68. The van der Waals surface area contributed by atoms with Crippen LogP contribution in [0.15, 0.2) is 18.3 Å². The van der Waals surface area contributed by atoms with Crippen molar-refractivity contribution in [2.75, 3.05) is 19.3 Å². The first-order chi connectivity index (χ1) is 7.50. The minimum Gasteiger partial charge on any atom is -0.397 e. The van der Waals surface area contributed by atoms with E-state index in [0.717, 1.165) is 24.3 Å². The lowest BCUT2D eigenvalue weighted by Crippen LogP contribution is -2.34. The Morgan fingerprint density at radius 1 is 1.31 bits per heavy atom. The molecule has 0 aliphatic heterocycles. The van der Waals surface area contributed by atoms with E-state index in [-0.39, 0.29) is 0 Å². The van der Waals surface area contributed by atoms with Gasteiger partial charge in [-0.3, -0.25) is 4.98 Å². The average Bonchev–Trinajstić information content (AvgIpc) is 2.26. The van der Waals surface area contributed by atoms with Crippen molar-refractivity contribution < 1.29 is 0 Å². The number of hydrogen-bond donors (Lipinski definition) is 1. The van der Waals surface area contributed by atoms with Crippen LogP contribution in [-0.2, 0) is 6.42 Å². The number of nitrogens with zero attached hydrogens (tertiary/aromatic N) is 2. The molecular weight excluding hydrogens is 198 g/mol. The van der Waals surface area contributed by atoms with Crippen LogP contribution in [0.1, 0.15) is 26.5 Å². The third-order valence-corrected chi connectivity index (χ3v) is 3.23. The molecule has 1 aromatic heterocycles. The van der Waals surface area contributed by atoms with Gasteiger partial charge in [0.25, 0.3) is 0 Å². The van der Waals surface area contributed by atoms with Crippen LogP contribution in [0.2, 0.25) is 0 Å². The summed E-state index contributed by atoms with van der Waals surface area (Å²) >= 11 is 0. The van der Waals surface area contributed by atoms with Crippen LogP contribution in [0.4, 0.5) is 5.69 Å². The smallest absolute Gasteiger partial charge is 0.0501 e. The summed E-state index contributed by atoms with van der Waals surface area (Å²) in [6.07, 6.45) is 2.70. The lowest BCUT2D eigenvalue weighted by atomic mass is 10.1. The summed E-state index contributed by atoms with van der Waals surface area (Å²) in [7, 11) is 2.17. The molecule has 0 amide bonds. The first kappa shape index (κ1) is 13.0. The monoisotopic (exact) mass is 221 g/mol. The average molecular weight is 221 g/mol. The molecule has 1 unspecified atom stereocenters. The molecule has 0 saturated carbocycles. The SMILES string of the molecule is CC(C)C(C)N(C)CCc1ccc(N)cn1. The molecule has 1 atom stereocenters. The Morgan fingerprint density at radius 3 is 2.50 bits per heavy atom. The van der Waals surface area contributed by atoms with E-state index in [1.54, 1.807) is 6.20 Å². The molecule has 0 aromatic carbocycles. The highest BCUT2D eigenvalue weighted by atomic mass is 15.1. The van der Waals surface area contributed by atoms with Gasteiger partial charge in [-0.2, -0.15) is 0 Å². The maximum absolute atomic E-state index is 5.60. The van der Waals surface area contributed by atoms with Crippen LogP contribution in [0.5, 0.6) is 0 Å². The van der Waals surface area contributed by atoms with E-state index in [1.807, 2.05) is 12.1 Å². The number of pyridine rings is 1. The quantitative estimate of drug-likeness (QED) is 0.828. The van der Waals surface area contributed by atoms with Gasteiger partial charge in [0, 0.05) is 24.7 Å². The van der Waals surface area contributed by atoms with Crippen LogP contribution in [0.3, 0.4) is 0 Å². The molecule has 0 radical (unpaired) electrons. The number of likely N-dealkylation sites (N-methyl/N-ethyl adjacent to an activating group) is 1. The number of nitrogens with two attached hydrogens (primary N) is 1. The highest BCUT2D eigenvalue weighted by Gasteiger charge is 2.12. The molecule has 0 spiro atoms. The zero-order valence-corrected chi connectivity index (χ0v) is 10.8. The van der Waals surface area contributed by atoms with Gasteiger partial charge in [0.15, 0.2) is 0 Å². The Hall–Kier alpha value is -1.09. The van der Waals surface area contributed by atoms with Crippen LogP contribution in [-0.4, -0.2) is 29.5 Å². The van der Waals surface area contributed by atoms with Crippen molar-refractivity contribution in [3.05, 3.63) is 24.0 Å². The zero-order valence-electron chi connectivity index (χ0n) is 10.8. The number of nitrogen functional groups attached to an aromatic ring is 1. The van der Waals surface area contributed by atoms with E-state index in [4.69, 9.17) is 5.73 Å². The topological polar surface area (TPSA) is 42.1 Å². The molecule has 0 aliphatic carbocycles. The van der Waals surface area contributed by atoms with E-state index in [2.05, 4.69) is 37.7 Å². The molecule has 90 valence electrons. The summed E-state index contributed by atoms with van der Waals surface area (Å²) in [5.74, 6) is 0.685. The summed E-state index contributed by atoms with van der Waals surface area (Å²) in [6.45, 7) is 7.81. The van der Waals surface area contributed by atoms with Crippen molar-refractivity contribution in [2.45, 2.75) is 33.2 Å². The third-order valence-electron chi connectivity index (χ3n) is 3.23. The van der Waals surface area contributed by atoms with E-state index in [0.29, 0.717) is 12.0 Å². The molecule has 0 bridgehead atoms. The van der Waals surface area contributed by atoms with Gasteiger partial charge in [-0.1, -0.05) is 13.8 Å². The van der Waals surface area contributed by atoms with E-state index < -0.39 is 0 Å². The lowest BCUT2D eigenvalue weighted by molar-refractivity contribution is 0.210. The van der Waals surface area contributed by atoms with Gasteiger partial charge in [0.2, 0.25) is 0 Å². The van der Waals surface area contributed by atoms with E-state index in [9.17, 15) is 0 Å². The molecule has 1 rings (SSSR count). The molecule has 3 heteroatoms. The van der Waals surface area contributed by atoms with Gasteiger partial charge in [0.05, 0.1) is 11.9 Å². The van der Waals surface area contributed by atoms with Gasteiger partial charge in [0.1, 0.15) is 0 Å². The highest BCUT2D eigenvalue weighted by Crippen LogP contribution is 2.09. The maximum atomic E-state index is 5.60. The van der Waals surface area contributed by atoms with Gasteiger partial charge in [-0.15, -0.1) is 0 Å². The molecule has 2 N–H and O–H groups in total. The molecule has 0 saturated heterocycles. The Kier molecular flexibility index (Phi) is 4.74. The first-order valence-corrected chi connectivity index (χ1v) is 5.91. The molecule has 16 heavy (non-hydrogen) atoms. The maximum Gasteiger partial charge on any atom is 0.0501 e. The summed E-state index contributed by atoms with van der Waals surface area (Å²) < 4.78 is 0. The van der Waals surface area contributed by atoms with Gasteiger partial charge in [-0.05, 0) is 32.0 Å². The van der Waals surface area contributed by atoms with Crippen molar-refractivity contribution in [2.24, 2.45) is 5.92 Å². The molecule has 3 nitrogen and oxygen atoms in total. The van der Waals surface area contributed by atoms with Crippen LogP contribution in [0.25, 0.3) is 0 Å². The first-order valence-electron chi connectivity index (χ1n) is 5.91. The van der Waals surface area contributed by atoms with E-state index >= 15 is 0 Å². The summed E-state index contributed by atoms with van der Waals surface area (Å²) in [5.41, 5.74) is 7.44. The predicted molar refractivity (Wildman–Crippen MR) is 69.3 cm³/mol. The van der Waals surface area contributed by atoms with Crippen molar-refractivity contribution in [1.82, 2.24) is 9.88 Å². The summed E-state index contributed by atoms with van der Waals surface area (Å²) in [6, 6.07) is 4.52. The molecule has 0 aliphatic rings. The van der Waals surface area contributed by atoms with Gasteiger partial charge in [-0.25, -0.2) is 0 Å². The Labute approximate surface area is 98.7 Å². The fourth-order valence-electron chi connectivity index (χ4n) is 1.59. The Balaban J connectivity index is 2.42. The largest absolute Gasteiger partial charge is 0.397 e. The minimum absolute atomic E-state index is 0.605. The van der Waals surface area contributed by atoms with Crippen molar-refractivity contribution in [3.63, 3.8) is 0 Å². The standard InChI is InChI=1S/C13H23N3/c1-10(2)11(3)16(4)8-7-13-6-5-12(14)9-15-13/h5-6,9-11H,7-8,14H2,1-4H3. The van der Waals surface area contributed by atoms with Gasteiger partial charge >= 0.3 is 0 Å². The third kappa shape index (κ3) is 3.81. The highest BCUT2D eigenvalue weighted by molar-refractivity contribution is 5.34. The number of hydrogen-bond acceptors (Lipinski definition) is 3. The number of rotatable bonds is 5. The minimum atomic E-state index is 0.605. The summed E-state index contributed by atoms with van der Waals surface area (Å²) in [5, 5.41) is 0. The van der Waals surface area contributed by atoms with Crippen molar-refractivity contribution >= 4 is 5.69 Å². The van der Waals surface area contributed by atoms with Crippen LogP contribution in [0, 0.1) is 5.92 Å². The van der Waals surface area contributed by atoms with Crippen LogP contribution < -0.4 is 5.73 Å². The van der Waals surface area contributed by atoms with E-state index in [1.165, 1.54) is 0 Å². The second-order valence-electron chi connectivity index (χ2n) is 4.80. The Morgan fingerprint density at radius 2 is 2.00 bits per heavy atom. The molecule has 1 aromatic rings. The van der Waals surface area contributed by atoms with Gasteiger partial charge < -0.3 is 10.6 Å². The van der Waals surface area contributed by atoms with Crippen molar-refractivity contribution in [3.8, 4) is 0 Å². The van der Waals surface area contributed by atoms with Crippen LogP contribution >= 0.6 is 0 Å². The molecule has 1 heterocycles. The fourth-order valence-corrected chi connectivity index (χ4v) is 1.59. The Bertz CT molecular complexity index is 305. The second-order valence-corrected chi connectivity index (χ2v) is 4.80. The number of aromatic nitrogens is 1. The fraction of sp³-hybridized carbons (Fsp3) is 0.615. The lowest BCUT2D eigenvalue weighted by Gasteiger charge is -2.27. The molecular formula is C13H23N3. The number of anilines is 1. The van der Waals surface area contributed by atoms with Crippen molar-refractivity contribution in [1.29, 1.82) is 0 Å². The second kappa shape index (κ2) is 5.85.